The van der Waals surface area contributed by atoms with Crippen molar-refractivity contribution in [3.8, 4) is 0 Å². The van der Waals surface area contributed by atoms with Crippen molar-refractivity contribution >= 4 is 17.8 Å². The molecule has 18 atom stereocenters. The molecule has 446 valence electrons. The van der Waals surface area contributed by atoms with Gasteiger partial charge in [-0.25, -0.2) is 4.79 Å². The van der Waals surface area contributed by atoms with Gasteiger partial charge in [-0.2, -0.15) is 0 Å². The third-order valence-electron chi connectivity index (χ3n) is 14.8. The summed E-state index contributed by atoms with van der Waals surface area (Å²) >= 11 is 0. The molecular formula is C53H98N2O21. The fourth-order valence-electron chi connectivity index (χ4n) is 10.2. The average molecular weight is 1100 g/mol. The number of hydrogen-bond donors (Lipinski definition) is 14. The number of aliphatic carboxylic acids is 1. The summed E-state index contributed by atoms with van der Waals surface area (Å²) in [5, 5.41) is 135. The van der Waals surface area contributed by atoms with Crippen LogP contribution in [0.1, 0.15) is 181 Å². The smallest absolute Gasteiger partial charge is 0.364 e. The first-order valence-corrected chi connectivity index (χ1v) is 28.4. The Labute approximate surface area is 448 Å². The highest BCUT2D eigenvalue weighted by Gasteiger charge is 2.60. The van der Waals surface area contributed by atoms with Crippen LogP contribution >= 0.6 is 0 Å². The highest BCUT2D eigenvalue weighted by molar-refractivity contribution is 5.77. The molecule has 14 N–H and O–H groups in total. The second-order valence-corrected chi connectivity index (χ2v) is 21.2. The normalized spacial score (nSPS) is 31.6. The SMILES string of the molecule is CCCCCCCCCCCCCCC[C@@H](O)[C@H](CO[C@@H]1O[C@H](CO)[C@@H](O[C@@H]2O[C@H](CO)[C@H](O)[C@H](O[C@]3(C(=O)O)C[C@H](O)[C@@H](NC(C)=O)C([C@H](O)[C@H](O)CO)O3)[C@H]2O)[C@H](O)[C@H]1O)NC(=O)CCCCCCCCCCC. The van der Waals surface area contributed by atoms with Crippen molar-refractivity contribution in [3.63, 3.8) is 0 Å². The zero-order chi connectivity index (χ0) is 56.2. The minimum Gasteiger partial charge on any atom is -0.477 e. The van der Waals surface area contributed by atoms with Gasteiger partial charge in [0.1, 0.15) is 67.1 Å². The number of amides is 2. The lowest BCUT2D eigenvalue weighted by Crippen LogP contribution is -2.70. The maximum Gasteiger partial charge on any atom is 0.364 e. The molecule has 23 nitrogen and oxygen atoms in total. The van der Waals surface area contributed by atoms with Crippen LogP contribution in [0.4, 0.5) is 0 Å². The molecule has 0 aromatic heterocycles. The second-order valence-electron chi connectivity index (χ2n) is 21.2. The van der Waals surface area contributed by atoms with Gasteiger partial charge in [-0.15, -0.1) is 0 Å². The first-order valence-electron chi connectivity index (χ1n) is 28.4. The number of carboxylic acids is 1. The van der Waals surface area contributed by atoms with Crippen molar-refractivity contribution in [2.24, 2.45) is 0 Å². The number of carboxylic acid groups (broad SMARTS) is 1. The largest absolute Gasteiger partial charge is 0.477 e. The number of nitrogens with one attached hydrogen (secondary N) is 2. The molecule has 3 fully saturated rings. The molecule has 0 aromatic carbocycles. The molecular weight excluding hydrogens is 1000 g/mol. The van der Waals surface area contributed by atoms with Gasteiger partial charge in [0.2, 0.25) is 11.8 Å². The van der Waals surface area contributed by atoms with Crippen LogP contribution in [-0.4, -0.2) is 215 Å². The molecule has 3 saturated heterocycles. The van der Waals surface area contributed by atoms with Gasteiger partial charge in [0.05, 0.1) is 50.7 Å². The molecule has 1 unspecified atom stereocenters. The van der Waals surface area contributed by atoms with E-state index in [1.54, 1.807) is 0 Å². The maximum absolute atomic E-state index is 13.3. The second kappa shape index (κ2) is 36.9. The van der Waals surface area contributed by atoms with Gasteiger partial charge in [0.25, 0.3) is 5.79 Å². The molecule has 3 heterocycles. The fraction of sp³-hybridized carbons (Fsp3) is 0.943. The van der Waals surface area contributed by atoms with Crippen LogP contribution in [0.2, 0.25) is 0 Å². The molecule has 0 radical (unpaired) electrons. The van der Waals surface area contributed by atoms with E-state index in [2.05, 4.69) is 24.5 Å². The highest BCUT2D eigenvalue weighted by atomic mass is 16.8. The lowest BCUT2D eigenvalue weighted by molar-refractivity contribution is -0.386. The van der Waals surface area contributed by atoms with Gasteiger partial charge in [-0.3, -0.25) is 9.59 Å². The Morgan fingerprint density at radius 1 is 0.632 bits per heavy atom. The van der Waals surface area contributed by atoms with Gasteiger partial charge in [-0.05, 0) is 12.8 Å². The number of hydrogen-bond acceptors (Lipinski definition) is 20. The lowest BCUT2D eigenvalue weighted by atomic mass is 9.88. The van der Waals surface area contributed by atoms with Gasteiger partial charge in [0, 0.05) is 19.8 Å². The Morgan fingerprint density at radius 2 is 1.14 bits per heavy atom. The van der Waals surface area contributed by atoms with E-state index in [9.17, 15) is 75.7 Å². The van der Waals surface area contributed by atoms with Gasteiger partial charge >= 0.3 is 5.97 Å². The van der Waals surface area contributed by atoms with Crippen LogP contribution in [0.15, 0.2) is 0 Å². The van der Waals surface area contributed by atoms with Crippen LogP contribution in [-0.2, 0) is 42.8 Å². The van der Waals surface area contributed by atoms with Crippen molar-refractivity contribution < 1.29 is 104 Å². The van der Waals surface area contributed by atoms with E-state index in [4.69, 9.17) is 28.4 Å². The Balaban J connectivity index is 1.70. The fourth-order valence-corrected chi connectivity index (χ4v) is 10.2. The average Bonchev–Trinajstić information content (AvgIpc) is 3.39. The quantitative estimate of drug-likeness (QED) is 0.0381. The van der Waals surface area contributed by atoms with E-state index in [1.807, 2.05) is 0 Å². The first kappa shape index (κ1) is 68.0. The lowest BCUT2D eigenvalue weighted by Gasteiger charge is -2.50. The summed E-state index contributed by atoms with van der Waals surface area (Å²) < 4.78 is 34.6. The molecule has 0 spiro atoms. The monoisotopic (exact) mass is 1100 g/mol. The number of aliphatic hydroxyl groups is 11. The van der Waals surface area contributed by atoms with Crippen molar-refractivity contribution in [1.29, 1.82) is 0 Å². The molecule has 2 amide bonds. The number of aliphatic hydroxyl groups excluding tert-OH is 11. The standard InChI is InChI=1S/C53H98N2O21/c1-4-6-8-10-12-14-15-16-17-19-20-22-24-26-35(60)34(55-40(63)27-25-23-21-18-13-11-9-7-5-2)32-71-50-45(67)44(66)47(39(31-58)73-50)74-51-46(68)49(43(65)38(30-57)72-51)76-53(52(69)70)28-36(61)41(54-33(3)59)48(75-53)42(64)37(62)29-56/h34-39,41-51,56-58,60-62,64-68H,4-32H2,1-3H3,(H,54,59)(H,55,63)(H,69,70)/t34-,35+,36-,37+,38+,39+,41+,42+,43-,44+,45+,46+,47+,48?,49-,50+,51-,53-/m0/s1. The van der Waals surface area contributed by atoms with E-state index in [-0.39, 0.29) is 18.9 Å². The minimum absolute atomic E-state index is 0.226. The maximum atomic E-state index is 13.3. The van der Waals surface area contributed by atoms with E-state index in [0.717, 1.165) is 58.3 Å². The summed E-state index contributed by atoms with van der Waals surface area (Å²) in [5.74, 6) is -6.10. The third-order valence-corrected chi connectivity index (χ3v) is 14.8. The molecule has 3 aliphatic heterocycles. The zero-order valence-corrected chi connectivity index (χ0v) is 45.4. The molecule has 0 bridgehead atoms. The van der Waals surface area contributed by atoms with Crippen molar-refractivity contribution in [2.75, 3.05) is 26.4 Å². The molecule has 76 heavy (non-hydrogen) atoms. The summed E-state index contributed by atoms with van der Waals surface area (Å²) in [6, 6.07) is -2.52. The van der Waals surface area contributed by atoms with Gasteiger partial charge < -0.3 is 100 Å². The van der Waals surface area contributed by atoms with Crippen LogP contribution in [0.25, 0.3) is 0 Å². The number of carbonyl (C=O) groups is 3. The molecule has 3 rings (SSSR count). The van der Waals surface area contributed by atoms with Crippen molar-refractivity contribution in [2.45, 2.75) is 291 Å². The molecule has 3 aliphatic rings. The Kier molecular flexibility index (Phi) is 33.0. The van der Waals surface area contributed by atoms with Crippen LogP contribution in [0, 0.1) is 0 Å². The van der Waals surface area contributed by atoms with Crippen molar-refractivity contribution in [1.82, 2.24) is 10.6 Å². The van der Waals surface area contributed by atoms with Crippen LogP contribution < -0.4 is 10.6 Å². The van der Waals surface area contributed by atoms with E-state index in [0.29, 0.717) is 19.3 Å². The number of carbonyl (C=O) groups excluding carboxylic acids is 2. The zero-order valence-electron chi connectivity index (χ0n) is 45.4. The molecule has 0 aromatic rings. The predicted octanol–water partition coefficient (Wildman–Crippen LogP) is 1.05. The summed E-state index contributed by atoms with van der Waals surface area (Å²) in [6.07, 6.45) is -4.05. The summed E-state index contributed by atoms with van der Waals surface area (Å²) in [7, 11) is 0. The molecule has 0 saturated carbocycles. The summed E-state index contributed by atoms with van der Waals surface area (Å²) in [4.78, 5) is 38.2. The Bertz CT molecular complexity index is 1590. The van der Waals surface area contributed by atoms with Crippen LogP contribution in [0.5, 0.6) is 0 Å². The summed E-state index contributed by atoms with van der Waals surface area (Å²) in [5.41, 5.74) is 0. The number of rotatable bonds is 40. The minimum atomic E-state index is -3.07. The topological polar surface area (TPSA) is 373 Å². The Morgan fingerprint density at radius 3 is 1.64 bits per heavy atom. The highest BCUT2D eigenvalue weighted by Crippen LogP contribution is 2.38. The van der Waals surface area contributed by atoms with Crippen molar-refractivity contribution in [3.05, 3.63) is 0 Å². The Hall–Kier alpha value is -2.27. The van der Waals surface area contributed by atoms with Crippen LogP contribution in [0.3, 0.4) is 0 Å². The number of ether oxygens (including phenoxy) is 6. The van der Waals surface area contributed by atoms with E-state index >= 15 is 0 Å². The first-order chi connectivity index (χ1) is 36.4. The van der Waals surface area contributed by atoms with Gasteiger partial charge in [0.15, 0.2) is 12.6 Å². The predicted molar refractivity (Wildman–Crippen MR) is 274 cm³/mol. The third kappa shape index (κ3) is 22.0. The molecule has 0 aliphatic carbocycles. The molecule has 23 heteroatoms. The van der Waals surface area contributed by atoms with E-state index in [1.165, 1.54) is 77.0 Å². The summed E-state index contributed by atoms with van der Waals surface area (Å²) in [6.45, 7) is 2.12. The van der Waals surface area contributed by atoms with Gasteiger partial charge in [-0.1, -0.05) is 149 Å². The van der Waals surface area contributed by atoms with E-state index < -0.39 is 148 Å². The number of unbranched alkanes of at least 4 members (excludes halogenated alkanes) is 20.